The summed E-state index contributed by atoms with van der Waals surface area (Å²) in [6.45, 7) is 6.02. The molecule has 44 heavy (non-hydrogen) atoms. The Morgan fingerprint density at radius 2 is 1.45 bits per heavy atom. The minimum atomic E-state index is -2.05. The monoisotopic (exact) mass is 605 g/mol. The van der Waals surface area contributed by atoms with Crippen LogP contribution in [0.15, 0.2) is 60.7 Å². The molecule has 0 aromatic heterocycles. The molecular formula is C36H47NO7. The van der Waals surface area contributed by atoms with Gasteiger partial charge in [-0.1, -0.05) is 73.5 Å². The van der Waals surface area contributed by atoms with E-state index in [2.05, 4.69) is 62.4 Å². The van der Waals surface area contributed by atoms with Crippen molar-refractivity contribution in [3.63, 3.8) is 0 Å². The maximum absolute atomic E-state index is 13.5. The second-order valence-electron chi connectivity index (χ2n) is 11.4. The Morgan fingerprint density at radius 1 is 0.795 bits per heavy atom. The van der Waals surface area contributed by atoms with Crippen LogP contribution < -0.4 is 0 Å². The molecule has 3 aromatic carbocycles. The van der Waals surface area contributed by atoms with Crippen LogP contribution >= 0.6 is 0 Å². The molecule has 0 saturated carbocycles. The number of aliphatic hydroxyl groups is 1. The van der Waals surface area contributed by atoms with Gasteiger partial charge in [-0.3, -0.25) is 9.59 Å². The first-order valence-electron chi connectivity index (χ1n) is 15.7. The van der Waals surface area contributed by atoms with Crippen LogP contribution in [0, 0.1) is 13.8 Å². The average molecular weight is 606 g/mol. The number of aryl methyl sites for hydroxylation is 4. The molecule has 0 aliphatic heterocycles. The number of aliphatic hydroxyl groups excluding tert-OH is 1. The largest absolute Gasteiger partial charge is 0.479 e. The number of carbonyl (C=O) groups excluding carboxylic acids is 2. The summed E-state index contributed by atoms with van der Waals surface area (Å²) in [6.07, 6.45) is 2.77. The number of rotatable bonds is 19. The lowest BCUT2D eigenvalue weighted by Crippen LogP contribution is -2.51. The van der Waals surface area contributed by atoms with E-state index in [4.69, 9.17) is 9.47 Å². The summed E-state index contributed by atoms with van der Waals surface area (Å²) in [5, 5.41) is 22.2. The van der Waals surface area contributed by atoms with Gasteiger partial charge < -0.3 is 24.6 Å². The lowest BCUT2D eigenvalue weighted by atomic mass is 10.0. The summed E-state index contributed by atoms with van der Waals surface area (Å²) >= 11 is 0. The van der Waals surface area contributed by atoms with Crippen LogP contribution in [-0.4, -0.2) is 71.5 Å². The van der Waals surface area contributed by atoms with E-state index in [-0.39, 0.29) is 26.3 Å². The number of carbonyl (C=O) groups is 3. The number of carboxylic acids is 1. The fourth-order valence-electron chi connectivity index (χ4n) is 5.22. The Morgan fingerprint density at radius 3 is 2.14 bits per heavy atom. The molecule has 0 radical (unpaired) electrons. The standard InChI is InChI=1S/C36H47NO7/c1-4-43-32(38)25-37(21-11-5-7-14-29-19-20-30-15-9-10-16-31(30)24-29)35(40)34(33(39)36(41)42)44-22-12-6-8-13-28-18-17-26(2)27(3)23-28/h9-10,15-20,23-24,33-34,39H,4-8,11-14,21-22,25H2,1-3H3,(H,41,42)/t33-,34-/m1/s1. The van der Waals surface area contributed by atoms with Crippen molar-refractivity contribution in [2.45, 2.75) is 84.3 Å². The van der Waals surface area contributed by atoms with Crippen LogP contribution in [0.1, 0.15) is 67.7 Å². The Labute approximate surface area is 261 Å². The predicted octanol–water partition coefficient (Wildman–Crippen LogP) is 5.80. The van der Waals surface area contributed by atoms with Crippen molar-refractivity contribution in [3.05, 3.63) is 82.9 Å². The van der Waals surface area contributed by atoms with Gasteiger partial charge in [-0.2, -0.15) is 0 Å². The molecule has 0 saturated heterocycles. The van der Waals surface area contributed by atoms with E-state index < -0.39 is 30.1 Å². The zero-order valence-electron chi connectivity index (χ0n) is 26.3. The Hall–Kier alpha value is -3.75. The van der Waals surface area contributed by atoms with Crippen LogP contribution in [0.25, 0.3) is 10.8 Å². The van der Waals surface area contributed by atoms with Gasteiger partial charge >= 0.3 is 11.9 Å². The molecule has 2 atom stereocenters. The third kappa shape index (κ3) is 11.1. The van der Waals surface area contributed by atoms with Gasteiger partial charge in [-0.15, -0.1) is 0 Å². The fraction of sp³-hybridized carbons (Fsp3) is 0.472. The number of hydrogen-bond acceptors (Lipinski definition) is 6. The predicted molar refractivity (Wildman–Crippen MR) is 172 cm³/mol. The van der Waals surface area contributed by atoms with Gasteiger partial charge in [0, 0.05) is 13.2 Å². The molecule has 3 aromatic rings. The molecule has 8 heteroatoms. The Bertz CT molecular complexity index is 1370. The third-order valence-corrected chi connectivity index (χ3v) is 7.91. The minimum absolute atomic E-state index is 0.118. The minimum Gasteiger partial charge on any atom is -0.479 e. The first kappa shape index (κ1) is 34.7. The summed E-state index contributed by atoms with van der Waals surface area (Å²) in [4.78, 5) is 38.7. The highest BCUT2D eigenvalue weighted by atomic mass is 16.5. The third-order valence-electron chi connectivity index (χ3n) is 7.91. The SMILES string of the molecule is CCOC(=O)CN(CCCCCc1ccc2ccccc2c1)C(=O)[C@H](OCCCCCc1ccc(C)c(C)c1)[C@@H](O)C(=O)O. The van der Waals surface area contributed by atoms with Crippen LogP contribution in [0.4, 0.5) is 0 Å². The lowest BCUT2D eigenvalue weighted by molar-refractivity contribution is -0.168. The van der Waals surface area contributed by atoms with Crippen LogP contribution in [0.3, 0.4) is 0 Å². The number of ether oxygens (including phenoxy) is 2. The van der Waals surface area contributed by atoms with E-state index >= 15 is 0 Å². The van der Waals surface area contributed by atoms with E-state index in [1.165, 1.54) is 37.9 Å². The van der Waals surface area contributed by atoms with E-state index in [1.54, 1.807) is 6.92 Å². The molecule has 1 amide bonds. The van der Waals surface area contributed by atoms with Crippen LogP contribution in [-0.2, 0) is 36.7 Å². The number of nitrogens with zero attached hydrogens (tertiary/aromatic N) is 1. The smallest absolute Gasteiger partial charge is 0.335 e. The maximum atomic E-state index is 13.5. The van der Waals surface area contributed by atoms with Crippen molar-refractivity contribution in [2.24, 2.45) is 0 Å². The van der Waals surface area contributed by atoms with Gasteiger partial charge in [0.15, 0.2) is 12.2 Å². The van der Waals surface area contributed by atoms with Crippen LogP contribution in [0.5, 0.6) is 0 Å². The van der Waals surface area contributed by atoms with Crippen molar-refractivity contribution >= 4 is 28.6 Å². The van der Waals surface area contributed by atoms with Crippen molar-refractivity contribution in [3.8, 4) is 0 Å². The number of amides is 1. The number of esters is 1. The van der Waals surface area contributed by atoms with Gasteiger partial charge in [0.2, 0.25) is 0 Å². The summed E-state index contributed by atoms with van der Waals surface area (Å²) < 4.78 is 10.7. The molecule has 0 aliphatic rings. The average Bonchev–Trinajstić information content (AvgIpc) is 3.01. The van der Waals surface area contributed by atoms with Crippen LogP contribution in [0.2, 0.25) is 0 Å². The van der Waals surface area contributed by atoms with Gasteiger partial charge in [0.25, 0.3) is 5.91 Å². The molecule has 0 aliphatic carbocycles. The highest BCUT2D eigenvalue weighted by Gasteiger charge is 2.36. The van der Waals surface area contributed by atoms with E-state index in [0.717, 1.165) is 38.5 Å². The molecule has 3 rings (SSSR count). The summed E-state index contributed by atoms with van der Waals surface area (Å²) in [6, 6.07) is 21.1. The molecule has 2 N–H and O–H groups in total. The zero-order chi connectivity index (χ0) is 31.9. The van der Waals surface area contributed by atoms with E-state index in [1.807, 2.05) is 12.1 Å². The fourth-order valence-corrected chi connectivity index (χ4v) is 5.22. The Kier molecular flexibility index (Phi) is 14.3. The van der Waals surface area contributed by atoms with E-state index in [9.17, 15) is 24.6 Å². The van der Waals surface area contributed by atoms with E-state index in [0.29, 0.717) is 12.8 Å². The van der Waals surface area contributed by atoms with Crippen molar-refractivity contribution < 1.29 is 34.1 Å². The van der Waals surface area contributed by atoms with Gasteiger partial charge in [-0.05, 0) is 92.3 Å². The topological polar surface area (TPSA) is 113 Å². The summed E-state index contributed by atoms with van der Waals surface area (Å²) in [5.74, 6) is -2.87. The summed E-state index contributed by atoms with van der Waals surface area (Å²) in [7, 11) is 0. The highest BCUT2D eigenvalue weighted by molar-refractivity contribution is 5.90. The number of hydrogen-bond donors (Lipinski definition) is 2. The first-order chi connectivity index (χ1) is 21.2. The molecule has 0 unspecified atom stereocenters. The maximum Gasteiger partial charge on any atom is 0.335 e. The zero-order valence-corrected chi connectivity index (χ0v) is 26.3. The molecule has 0 bridgehead atoms. The van der Waals surface area contributed by atoms with Crippen molar-refractivity contribution in [2.75, 3.05) is 26.3 Å². The molecule has 8 nitrogen and oxygen atoms in total. The number of unbranched alkanes of at least 4 members (excludes halogenated alkanes) is 4. The van der Waals surface area contributed by atoms with Crippen molar-refractivity contribution in [1.29, 1.82) is 0 Å². The lowest BCUT2D eigenvalue weighted by Gasteiger charge is -2.28. The molecule has 0 heterocycles. The molecule has 0 fully saturated rings. The van der Waals surface area contributed by atoms with Gasteiger partial charge in [-0.25, -0.2) is 4.79 Å². The second-order valence-corrected chi connectivity index (χ2v) is 11.4. The summed E-state index contributed by atoms with van der Waals surface area (Å²) in [5.41, 5.74) is 5.01. The molecule has 238 valence electrons. The molecular weight excluding hydrogens is 558 g/mol. The Balaban J connectivity index is 1.52. The first-order valence-corrected chi connectivity index (χ1v) is 15.7. The second kappa shape index (κ2) is 18.1. The number of fused-ring (bicyclic) bond motifs is 1. The van der Waals surface area contributed by atoms with Gasteiger partial charge in [0.1, 0.15) is 6.54 Å². The molecule has 0 spiro atoms. The van der Waals surface area contributed by atoms with Gasteiger partial charge in [0.05, 0.1) is 6.61 Å². The number of carboxylic acid groups (broad SMARTS) is 1. The normalized spacial score (nSPS) is 12.5. The number of aliphatic carboxylic acids is 1. The quantitative estimate of drug-likeness (QED) is 0.131. The van der Waals surface area contributed by atoms with Crippen molar-refractivity contribution in [1.82, 2.24) is 4.90 Å². The highest BCUT2D eigenvalue weighted by Crippen LogP contribution is 2.18. The number of benzene rings is 3.